The molecule has 2 amide bonds. The van der Waals surface area contributed by atoms with Crippen LogP contribution in [0, 0.1) is 0 Å². The monoisotopic (exact) mass is 474 g/mol. The van der Waals surface area contributed by atoms with E-state index < -0.39 is 36.2 Å². The number of benzene rings is 3. The van der Waals surface area contributed by atoms with Gasteiger partial charge in [0.05, 0.1) is 6.54 Å². The molecule has 0 saturated carbocycles. The number of carboxylic acids is 1. The molecule has 3 aromatic rings. The topological polar surface area (TPSA) is 125 Å². The minimum atomic E-state index is -1.77. The molecule has 1 aliphatic carbocycles. The summed E-state index contributed by atoms with van der Waals surface area (Å²) >= 11 is 0. The first kappa shape index (κ1) is 24.0. The maximum absolute atomic E-state index is 13.0. The molecule has 0 aliphatic heterocycles. The van der Waals surface area contributed by atoms with Crippen molar-refractivity contribution in [3.05, 3.63) is 95.6 Å². The van der Waals surface area contributed by atoms with Gasteiger partial charge in [0.1, 0.15) is 12.1 Å². The van der Waals surface area contributed by atoms with E-state index in [4.69, 9.17) is 9.84 Å². The van der Waals surface area contributed by atoms with E-state index in [-0.39, 0.29) is 12.5 Å². The average Bonchev–Trinajstić information content (AvgIpc) is 3.19. The molecule has 0 heterocycles. The van der Waals surface area contributed by atoms with Crippen LogP contribution in [-0.4, -0.2) is 47.4 Å². The number of nitrogens with one attached hydrogen (secondary N) is 2. The summed E-state index contributed by atoms with van der Waals surface area (Å²) in [5.74, 6) is -2.29. The molecule has 3 aromatic carbocycles. The number of carbonyl (C=O) groups excluding carboxylic acids is 2. The van der Waals surface area contributed by atoms with Crippen molar-refractivity contribution in [2.24, 2.45) is 0 Å². The molecule has 8 heteroatoms. The Morgan fingerprint density at radius 1 is 0.914 bits per heavy atom. The number of fused-ring (bicyclic) bond motifs is 3. The highest BCUT2D eigenvalue weighted by Gasteiger charge is 2.38. The van der Waals surface area contributed by atoms with E-state index in [1.807, 2.05) is 48.5 Å². The zero-order valence-corrected chi connectivity index (χ0v) is 19.1. The van der Waals surface area contributed by atoms with Gasteiger partial charge in [-0.15, -0.1) is 0 Å². The molecule has 0 bridgehead atoms. The van der Waals surface area contributed by atoms with E-state index >= 15 is 0 Å². The first-order chi connectivity index (χ1) is 16.8. The Balaban J connectivity index is 1.50. The van der Waals surface area contributed by atoms with Crippen LogP contribution in [-0.2, 0) is 19.9 Å². The third-order valence-corrected chi connectivity index (χ3v) is 6.24. The normalized spacial score (nSPS) is 14.7. The standard InChI is InChI=1S/C27H26N2O6/c1-27(17-9-3-2-4-10-17,25(33)28-15-23(30)24(31)32)29-26(34)35-16-22-20-13-7-5-11-18(20)19-12-6-8-14-21(19)22/h2-14,22-23,30H,15-16H2,1H3,(H,28,33)(H,29,34)(H,31,32). The average molecular weight is 475 g/mol. The van der Waals surface area contributed by atoms with Crippen molar-refractivity contribution in [2.45, 2.75) is 24.5 Å². The number of aliphatic carboxylic acids is 1. The van der Waals surface area contributed by atoms with Crippen molar-refractivity contribution < 1.29 is 29.3 Å². The Bertz CT molecular complexity index is 1200. The van der Waals surface area contributed by atoms with Gasteiger partial charge in [-0.2, -0.15) is 0 Å². The molecule has 2 unspecified atom stereocenters. The summed E-state index contributed by atoms with van der Waals surface area (Å²) in [4.78, 5) is 36.8. The van der Waals surface area contributed by atoms with Crippen molar-refractivity contribution >= 4 is 18.0 Å². The van der Waals surface area contributed by atoms with Gasteiger partial charge in [0.2, 0.25) is 5.91 Å². The largest absolute Gasteiger partial charge is 0.479 e. The predicted octanol–water partition coefficient (Wildman–Crippen LogP) is 3.00. The Labute approximate surface area is 202 Å². The number of alkyl carbamates (subject to hydrolysis) is 1. The third kappa shape index (κ3) is 4.88. The molecule has 0 radical (unpaired) electrons. The molecule has 8 nitrogen and oxygen atoms in total. The quantitative estimate of drug-likeness (QED) is 0.398. The number of ether oxygens (including phenoxy) is 1. The number of aliphatic hydroxyl groups is 1. The van der Waals surface area contributed by atoms with Gasteiger partial charge < -0.3 is 25.6 Å². The van der Waals surface area contributed by atoms with Crippen LogP contribution in [0.25, 0.3) is 11.1 Å². The molecule has 2 atom stereocenters. The minimum Gasteiger partial charge on any atom is -0.479 e. The number of carboxylic acid groups (broad SMARTS) is 1. The van der Waals surface area contributed by atoms with Crippen LogP contribution in [0.15, 0.2) is 78.9 Å². The fourth-order valence-corrected chi connectivity index (χ4v) is 4.32. The Morgan fingerprint density at radius 3 is 2.03 bits per heavy atom. The van der Waals surface area contributed by atoms with E-state index in [1.165, 1.54) is 6.92 Å². The Hall–Kier alpha value is -4.17. The predicted molar refractivity (Wildman–Crippen MR) is 129 cm³/mol. The van der Waals surface area contributed by atoms with Crippen LogP contribution in [0.1, 0.15) is 29.5 Å². The zero-order chi connectivity index (χ0) is 25.0. The number of hydrogen-bond acceptors (Lipinski definition) is 5. The van der Waals surface area contributed by atoms with Crippen molar-refractivity contribution in [3.63, 3.8) is 0 Å². The van der Waals surface area contributed by atoms with E-state index in [0.717, 1.165) is 22.3 Å². The van der Waals surface area contributed by atoms with Crippen molar-refractivity contribution in [1.29, 1.82) is 0 Å². The summed E-state index contributed by atoms with van der Waals surface area (Å²) in [5, 5.41) is 23.4. The van der Waals surface area contributed by atoms with Crippen LogP contribution < -0.4 is 10.6 Å². The fourth-order valence-electron chi connectivity index (χ4n) is 4.32. The van der Waals surface area contributed by atoms with Crippen LogP contribution in [0.2, 0.25) is 0 Å². The summed E-state index contributed by atoms with van der Waals surface area (Å²) in [5.41, 5.74) is 3.23. The Morgan fingerprint density at radius 2 is 1.46 bits per heavy atom. The molecule has 0 fully saturated rings. The first-order valence-electron chi connectivity index (χ1n) is 11.2. The van der Waals surface area contributed by atoms with E-state index in [2.05, 4.69) is 10.6 Å². The molecule has 180 valence electrons. The molecule has 4 N–H and O–H groups in total. The van der Waals surface area contributed by atoms with Gasteiger partial charge in [-0.05, 0) is 34.7 Å². The summed E-state index contributed by atoms with van der Waals surface area (Å²) in [7, 11) is 0. The lowest BCUT2D eigenvalue weighted by molar-refractivity contribution is -0.146. The van der Waals surface area contributed by atoms with E-state index in [1.54, 1.807) is 30.3 Å². The minimum absolute atomic E-state index is 0.0735. The van der Waals surface area contributed by atoms with Crippen LogP contribution in [0.5, 0.6) is 0 Å². The number of hydrogen-bond donors (Lipinski definition) is 4. The SMILES string of the molecule is CC(NC(=O)OCC1c2ccccc2-c2ccccc21)(C(=O)NCC(O)C(=O)O)c1ccccc1. The smallest absolute Gasteiger partial charge is 0.408 e. The molecule has 0 saturated heterocycles. The van der Waals surface area contributed by atoms with Gasteiger partial charge in [-0.25, -0.2) is 9.59 Å². The highest BCUT2D eigenvalue weighted by molar-refractivity contribution is 5.91. The van der Waals surface area contributed by atoms with Gasteiger partial charge in [0.25, 0.3) is 0 Å². The van der Waals surface area contributed by atoms with Gasteiger partial charge in [-0.1, -0.05) is 78.9 Å². The zero-order valence-electron chi connectivity index (χ0n) is 19.1. The molecular formula is C27H26N2O6. The van der Waals surface area contributed by atoms with E-state index in [9.17, 15) is 19.5 Å². The fraction of sp³-hybridized carbons (Fsp3) is 0.222. The van der Waals surface area contributed by atoms with Crippen molar-refractivity contribution in [1.82, 2.24) is 10.6 Å². The van der Waals surface area contributed by atoms with E-state index in [0.29, 0.717) is 5.56 Å². The highest BCUT2D eigenvalue weighted by Crippen LogP contribution is 2.44. The molecule has 35 heavy (non-hydrogen) atoms. The second kappa shape index (κ2) is 9.99. The number of aliphatic hydroxyl groups excluding tert-OH is 1. The Kier molecular flexibility index (Phi) is 6.84. The van der Waals surface area contributed by atoms with Gasteiger partial charge in [0, 0.05) is 5.92 Å². The van der Waals surface area contributed by atoms with Gasteiger partial charge in [-0.3, -0.25) is 4.79 Å². The van der Waals surface area contributed by atoms with Crippen molar-refractivity contribution in [2.75, 3.05) is 13.2 Å². The number of amides is 2. The molecular weight excluding hydrogens is 448 g/mol. The summed E-state index contributed by atoms with van der Waals surface area (Å²) < 4.78 is 5.60. The molecule has 0 aromatic heterocycles. The maximum atomic E-state index is 13.0. The first-order valence-corrected chi connectivity index (χ1v) is 11.2. The summed E-state index contributed by atoms with van der Waals surface area (Å²) in [6, 6.07) is 24.4. The third-order valence-electron chi connectivity index (χ3n) is 6.24. The van der Waals surface area contributed by atoms with Crippen LogP contribution in [0.3, 0.4) is 0 Å². The lowest BCUT2D eigenvalue weighted by Gasteiger charge is -2.30. The molecule has 0 spiro atoms. The number of rotatable bonds is 8. The van der Waals surface area contributed by atoms with Gasteiger partial charge in [0.15, 0.2) is 6.10 Å². The molecule has 1 aliphatic rings. The second-order valence-corrected chi connectivity index (χ2v) is 8.51. The lowest BCUT2D eigenvalue weighted by Crippen LogP contribution is -2.55. The van der Waals surface area contributed by atoms with Gasteiger partial charge >= 0.3 is 12.1 Å². The maximum Gasteiger partial charge on any atom is 0.408 e. The summed E-state index contributed by atoms with van der Waals surface area (Å²) in [6.45, 7) is 1.05. The number of carbonyl (C=O) groups is 3. The van der Waals surface area contributed by atoms with Crippen LogP contribution in [0.4, 0.5) is 4.79 Å². The second-order valence-electron chi connectivity index (χ2n) is 8.51. The van der Waals surface area contributed by atoms with Crippen molar-refractivity contribution in [3.8, 4) is 11.1 Å². The highest BCUT2D eigenvalue weighted by atomic mass is 16.5. The molecule has 4 rings (SSSR count). The lowest BCUT2D eigenvalue weighted by atomic mass is 9.91. The summed E-state index contributed by atoms with van der Waals surface area (Å²) in [6.07, 6.45) is -2.57. The van der Waals surface area contributed by atoms with Crippen LogP contribution >= 0.6 is 0 Å².